The molecule has 1 N–H and O–H groups in total. The van der Waals surface area contributed by atoms with Crippen LogP contribution >= 0.6 is 11.3 Å². The van der Waals surface area contributed by atoms with Gasteiger partial charge >= 0.3 is 0 Å². The van der Waals surface area contributed by atoms with E-state index in [0.29, 0.717) is 12.1 Å². The molecule has 2 unspecified atom stereocenters. The normalized spacial score (nSPS) is 18.8. The fourth-order valence-electron chi connectivity index (χ4n) is 2.47. The van der Waals surface area contributed by atoms with Gasteiger partial charge in [-0.2, -0.15) is 0 Å². The number of hydrogen-bond donors (Lipinski definition) is 1. The molecule has 2 nitrogen and oxygen atoms in total. The molecule has 2 rings (SSSR count). The van der Waals surface area contributed by atoms with Crippen LogP contribution in [0.25, 0.3) is 0 Å². The van der Waals surface area contributed by atoms with Crippen molar-refractivity contribution in [2.45, 2.75) is 52.2 Å². The highest BCUT2D eigenvalue weighted by atomic mass is 32.1. The molecule has 0 radical (unpaired) electrons. The van der Waals surface area contributed by atoms with E-state index < -0.39 is 0 Å². The van der Waals surface area contributed by atoms with E-state index in [0.717, 1.165) is 19.1 Å². The van der Waals surface area contributed by atoms with Crippen LogP contribution in [0.15, 0.2) is 11.4 Å². The second-order valence-electron chi connectivity index (χ2n) is 5.18. The Bertz CT molecular complexity index is 359. The Kier molecular flexibility index (Phi) is 5.22. The van der Waals surface area contributed by atoms with Crippen LogP contribution in [0.1, 0.15) is 49.6 Å². The van der Waals surface area contributed by atoms with Crippen LogP contribution in [-0.2, 0) is 4.74 Å². The van der Waals surface area contributed by atoms with Crippen molar-refractivity contribution in [2.24, 2.45) is 5.92 Å². The van der Waals surface area contributed by atoms with E-state index in [2.05, 4.69) is 37.5 Å². The van der Waals surface area contributed by atoms with Crippen LogP contribution in [-0.4, -0.2) is 19.3 Å². The fourth-order valence-corrected chi connectivity index (χ4v) is 3.21. The van der Waals surface area contributed by atoms with E-state index in [1.807, 2.05) is 11.3 Å². The molecule has 3 heteroatoms. The first-order chi connectivity index (χ1) is 8.76. The molecule has 1 aliphatic carbocycles. The zero-order chi connectivity index (χ0) is 13.0. The highest BCUT2D eigenvalue weighted by Gasteiger charge is 2.37. The topological polar surface area (TPSA) is 21.3 Å². The Morgan fingerprint density at radius 3 is 2.72 bits per heavy atom. The molecule has 0 bridgehead atoms. The first-order valence-electron chi connectivity index (χ1n) is 7.16. The van der Waals surface area contributed by atoms with Crippen LogP contribution in [0.3, 0.4) is 0 Å². The van der Waals surface area contributed by atoms with Gasteiger partial charge in [-0.1, -0.05) is 6.92 Å². The number of ether oxygens (including phenoxy) is 1. The van der Waals surface area contributed by atoms with Gasteiger partial charge in [0, 0.05) is 11.5 Å². The number of thiophene rings is 1. The first-order valence-corrected chi connectivity index (χ1v) is 8.04. The molecule has 0 amide bonds. The summed E-state index contributed by atoms with van der Waals surface area (Å²) in [5.74, 6) is 0.763. The molecule has 0 aromatic carbocycles. The predicted octanol–water partition coefficient (Wildman–Crippen LogP) is 3.91. The molecular weight excluding hydrogens is 242 g/mol. The zero-order valence-electron chi connectivity index (χ0n) is 11.7. The SMILES string of the molecule is CCCNC(c1csc(C)c1)C(OCC)C1CC1. The van der Waals surface area contributed by atoms with Crippen LogP contribution in [0.2, 0.25) is 0 Å². The van der Waals surface area contributed by atoms with E-state index in [1.165, 1.54) is 29.7 Å². The van der Waals surface area contributed by atoms with E-state index in [4.69, 9.17) is 4.74 Å². The maximum Gasteiger partial charge on any atom is 0.0797 e. The molecule has 1 heterocycles. The Balaban J connectivity index is 2.11. The van der Waals surface area contributed by atoms with E-state index in [9.17, 15) is 0 Å². The van der Waals surface area contributed by atoms with Crippen molar-refractivity contribution in [3.8, 4) is 0 Å². The lowest BCUT2D eigenvalue weighted by molar-refractivity contribution is 0.0187. The summed E-state index contributed by atoms with van der Waals surface area (Å²) in [6.45, 7) is 8.38. The second-order valence-corrected chi connectivity index (χ2v) is 6.30. The van der Waals surface area contributed by atoms with Gasteiger partial charge in [0.05, 0.1) is 12.1 Å². The third-order valence-corrected chi connectivity index (χ3v) is 4.38. The fraction of sp³-hybridized carbons (Fsp3) is 0.733. The highest BCUT2D eigenvalue weighted by Crippen LogP contribution is 2.40. The van der Waals surface area contributed by atoms with E-state index >= 15 is 0 Å². The second kappa shape index (κ2) is 6.69. The monoisotopic (exact) mass is 267 g/mol. The smallest absolute Gasteiger partial charge is 0.0797 e. The minimum Gasteiger partial charge on any atom is -0.376 e. The molecule has 0 saturated heterocycles. The molecule has 1 saturated carbocycles. The minimum atomic E-state index is 0.357. The van der Waals surface area contributed by atoms with Gasteiger partial charge in [0.1, 0.15) is 0 Å². The molecule has 2 atom stereocenters. The number of hydrogen-bond acceptors (Lipinski definition) is 3. The minimum absolute atomic E-state index is 0.357. The molecule has 18 heavy (non-hydrogen) atoms. The third-order valence-electron chi connectivity index (χ3n) is 3.50. The molecule has 1 aromatic heterocycles. The van der Waals surface area contributed by atoms with Crippen LogP contribution in [0.5, 0.6) is 0 Å². The molecular formula is C15H25NOS. The summed E-state index contributed by atoms with van der Waals surface area (Å²) < 4.78 is 6.03. The number of aryl methyl sites for hydroxylation is 1. The van der Waals surface area contributed by atoms with Crippen LogP contribution in [0.4, 0.5) is 0 Å². The summed E-state index contributed by atoms with van der Waals surface area (Å²) in [6.07, 6.45) is 4.19. The van der Waals surface area contributed by atoms with Gasteiger partial charge in [-0.05, 0) is 62.6 Å². The number of nitrogens with one attached hydrogen (secondary N) is 1. The van der Waals surface area contributed by atoms with Crippen molar-refractivity contribution < 1.29 is 4.74 Å². The summed E-state index contributed by atoms with van der Waals surface area (Å²) in [5.41, 5.74) is 1.41. The average Bonchev–Trinajstić information content (AvgIpc) is 3.11. The number of rotatable bonds is 8. The van der Waals surface area contributed by atoms with Crippen molar-refractivity contribution in [1.29, 1.82) is 0 Å². The van der Waals surface area contributed by atoms with Gasteiger partial charge in [0.2, 0.25) is 0 Å². The highest BCUT2D eigenvalue weighted by molar-refractivity contribution is 7.10. The van der Waals surface area contributed by atoms with Crippen molar-refractivity contribution in [3.63, 3.8) is 0 Å². The van der Waals surface area contributed by atoms with Gasteiger partial charge in [0.15, 0.2) is 0 Å². The first kappa shape index (κ1) is 14.0. The predicted molar refractivity (Wildman–Crippen MR) is 78.2 cm³/mol. The standard InChI is InChI=1S/C15H25NOS/c1-4-8-16-14(13-9-11(3)18-10-13)15(17-5-2)12-6-7-12/h9-10,12,14-16H,4-8H2,1-3H3. The summed E-state index contributed by atoms with van der Waals surface area (Å²) in [6, 6.07) is 2.69. The lowest BCUT2D eigenvalue weighted by Crippen LogP contribution is -2.35. The van der Waals surface area contributed by atoms with Crippen LogP contribution in [0, 0.1) is 12.8 Å². The van der Waals surface area contributed by atoms with Gasteiger partial charge in [-0.3, -0.25) is 0 Å². The van der Waals surface area contributed by atoms with Gasteiger partial charge < -0.3 is 10.1 Å². The van der Waals surface area contributed by atoms with Crippen LogP contribution < -0.4 is 5.32 Å². The Morgan fingerprint density at radius 2 is 2.22 bits per heavy atom. The average molecular weight is 267 g/mol. The Labute approximate surface area is 115 Å². The molecule has 1 fully saturated rings. The van der Waals surface area contributed by atoms with Crippen molar-refractivity contribution in [3.05, 3.63) is 21.9 Å². The van der Waals surface area contributed by atoms with Gasteiger partial charge in [-0.25, -0.2) is 0 Å². The lowest BCUT2D eigenvalue weighted by atomic mass is 10.00. The summed E-state index contributed by atoms with van der Waals surface area (Å²) >= 11 is 1.84. The van der Waals surface area contributed by atoms with Crippen molar-refractivity contribution in [2.75, 3.05) is 13.2 Å². The molecule has 1 aromatic rings. The summed E-state index contributed by atoms with van der Waals surface area (Å²) in [7, 11) is 0. The maximum absolute atomic E-state index is 6.03. The maximum atomic E-state index is 6.03. The summed E-state index contributed by atoms with van der Waals surface area (Å²) in [4.78, 5) is 1.39. The van der Waals surface area contributed by atoms with Gasteiger partial charge in [0.25, 0.3) is 0 Å². The molecule has 0 spiro atoms. The third kappa shape index (κ3) is 3.56. The largest absolute Gasteiger partial charge is 0.376 e. The lowest BCUT2D eigenvalue weighted by Gasteiger charge is -2.27. The Morgan fingerprint density at radius 1 is 1.44 bits per heavy atom. The molecule has 1 aliphatic rings. The zero-order valence-corrected chi connectivity index (χ0v) is 12.6. The van der Waals surface area contributed by atoms with Gasteiger partial charge in [-0.15, -0.1) is 11.3 Å². The van der Waals surface area contributed by atoms with E-state index in [1.54, 1.807) is 0 Å². The van der Waals surface area contributed by atoms with Crippen molar-refractivity contribution >= 4 is 11.3 Å². The van der Waals surface area contributed by atoms with E-state index in [-0.39, 0.29) is 0 Å². The molecule has 0 aliphatic heterocycles. The summed E-state index contributed by atoms with van der Waals surface area (Å²) in [5, 5.41) is 5.98. The Hall–Kier alpha value is -0.380. The quantitative estimate of drug-likeness (QED) is 0.771. The van der Waals surface area contributed by atoms with Crippen molar-refractivity contribution in [1.82, 2.24) is 5.32 Å². The molecule has 102 valence electrons.